The van der Waals surface area contributed by atoms with Gasteiger partial charge in [-0.1, -0.05) is 0 Å². The number of rotatable bonds is 10. The van der Waals surface area contributed by atoms with Gasteiger partial charge in [0.1, 0.15) is 0 Å². The van der Waals surface area contributed by atoms with Crippen molar-refractivity contribution < 1.29 is 14.6 Å². The Bertz CT molecular complexity index is 1560. The van der Waals surface area contributed by atoms with E-state index in [4.69, 9.17) is 0 Å². The number of carbonyl (C=O) groups is 1. The predicted molar refractivity (Wildman–Crippen MR) is 173 cm³/mol. The first-order valence-electron chi connectivity index (χ1n) is 13.4. The number of nitrogens with zero attached hydrogens (tertiary/aromatic N) is 2. The second kappa shape index (κ2) is 12.1. The summed E-state index contributed by atoms with van der Waals surface area (Å²) in [4.78, 5) is 35.4. The minimum atomic E-state index is -3.34. The molecule has 4 rings (SSSR count). The maximum atomic E-state index is 13.7. The molecule has 0 saturated carbocycles. The van der Waals surface area contributed by atoms with E-state index in [-0.39, 0.29) is 5.56 Å². The molecule has 1 amide bonds. The number of non-ortho nitro benzene ring substituents is 1. The number of halogens is 1. The van der Waals surface area contributed by atoms with Gasteiger partial charge in [-0.25, -0.2) is 0 Å². The molecule has 42 heavy (non-hydrogen) atoms. The fourth-order valence-corrected chi connectivity index (χ4v) is 13.7. The SMILES string of the molecule is CC(C)(C)[C@@H](CP(Br)(Cc1ccccc1)(c1ccccc1)c1ccccc1)NC(=O)c1ccc([N+](=O)[O-])cc1[N+](=O)[O-]. The molecule has 0 bridgehead atoms. The van der Waals surface area contributed by atoms with Crippen molar-refractivity contribution in [3.63, 3.8) is 0 Å². The normalized spacial score (nSPS) is 13.4. The van der Waals surface area contributed by atoms with E-state index >= 15 is 0 Å². The van der Waals surface area contributed by atoms with E-state index in [1.807, 2.05) is 75.4 Å². The molecule has 4 aromatic carbocycles. The summed E-state index contributed by atoms with van der Waals surface area (Å²) in [6, 6.07) is 33.3. The number of amides is 1. The van der Waals surface area contributed by atoms with Crippen molar-refractivity contribution in [1.82, 2.24) is 5.32 Å². The summed E-state index contributed by atoms with van der Waals surface area (Å²) in [5, 5.41) is 25.1. The number of benzene rings is 4. The standard InChI is InChI=1S/C32H33BrN3O5P/c1-32(2,3)30(34-31(37)28-20-19-25(35(38)39)21-29(28)36(40)41)23-42(33,26-15-9-5-10-16-26,27-17-11-6-12-18-27)22-24-13-7-4-8-14-24/h4-21,30H,22-23H2,1-3H3,(H,34,37)/t30-/m1/s1. The van der Waals surface area contributed by atoms with Gasteiger partial charge in [0.2, 0.25) is 0 Å². The van der Waals surface area contributed by atoms with Crippen molar-refractivity contribution in [2.75, 3.05) is 6.16 Å². The van der Waals surface area contributed by atoms with Crippen molar-refractivity contribution in [1.29, 1.82) is 0 Å². The summed E-state index contributed by atoms with van der Waals surface area (Å²) < 4.78 is 0. The summed E-state index contributed by atoms with van der Waals surface area (Å²) in [5.41, 5.74) is -0.627. The Balaban J connectivity index is 1.89. The molecule has 218 valence electrons. The van der Waals surface area contributed by atoms with Crippen molar-refractivity contribution in [2.45, 2.75) is 33.0 Å². The molecule has 0 spiro atoms. The van der Waals surface area contributed by atoms with E-state index in [9.17, 15) is 25.0 Å². The van der Waals surface area contributed by atoms with Crippen LogP contribution in [0.25, 0.3) is 0 Å². The summed E-state index contributed by atoms with van der Waals surface area (Å²) >= 11 is 4.44. The Morgan fingerprint density at radius 1 is 0.810 bits per heavy atom. The molecule has 0 radical (unpaired) electrons. The molecule has 0 aliphatic carbocycles. The van der Waals surface area contributed by atoms with Gasteiger partial charge in [0, 0.05) is 0 Å². The first-order valence-corrected chi connectivity index (χ1v) is 18.1. The van der Waals surface area contributed by atoms with E-state index in [0.29, 0.717) is 12.3 Å². The minimum absolute atomic E-state index is 0.225. The van der Waals surface area contributed by atoms with Gasteiger partial charge in [0.15, 0.2) is 0 Å². The molecule has 4 aromatic rings. The summed E-state index contributed by atoms with van der Waals surface area (Å²) in [5.74, 6) is -0.657. The zero-order valence-electron chi connectivity index (χ0n) is 23.6. The molecule has 0 fully saturated rings. The van der Waals surface area contributed by atoms with Crippen LogP contribution in [-0.2, 0) is 6.16 Å². The topological polar surface area (TPSA) is 115 Å². The fraction of sp³-hybridized carbons (Fsp3) is 0.219. The number of hydrogen-bond acceptors (Lipinski definition) is 5. The second-order valence-electron chi connectivity index (χ2n) is 11.5. The second-order valence-corrected chi connectivity index (χ2v) is 21.1. The zero-order valence-corrected chi connectivity index (χ0v) is 26.1. The van der Waals surface area contributed by atoms with Gasteiger partial charge in [-0.2, -0.15) is 0 Å². The molecule has 0 saturated heterocycles. The summed E-state index contributed by atoms with van der Waals surface area (Å²) in [7, 11) is 0. The van der Waals surface area contributed by atoms with Crippen LogP contribution in [0.15, 0.2) is 109 Å². The molecule has 1 atom stereocenters. The number of nitrogens with one attached hydrogen (secondary N) is 1. The van der Waals surface area contributed by atoms with Crippen LogP contribution in [0.1, 0.15) is 36.7 Å². The first-order chi connectivity index (χ1) is 19.8. The Hall–Kier alpha value is -3.94. The van der Waals surface area contributed by atoms with Crippen molar-refractivity contribution in [3.05, 3.63) is 141 Å². The van der Waals surface area contributed by atoms with Gasteiger partial charge in [-0.3, -0.25) is 0 Å². The summed E-state index contributed by atoms with van der Waals surface area (Å²) in [6.07, 6.45) is 1.17. The maximum absolute atomic E-state index is 13.7. The van der Waals surface area contributed by atoms with Crippen molar-refractivity contribution >= 4 is 48.7 Å². The third-order valence-electron chi connectivity index (χ3n) is 7.60. The number of hydrogen-bond donors (Lipinski definition) is 1. The van der Waals surface area contributed by atoms with Gasteiger partial charge in [0.25, 0.3) is 0 Å². The van der Waals surface area contributed by atoms with E-state index in [0.717, 1.165) is 34.4 Å². The molecule has 0 aliphatic rings. The van der Waals surface area contributed by atoms with Gasteiger partial charge in [-0.05, 0) is 0 Å². The molecular weight excluding hydrogens is 617 g/mol. The Labute approximate surface area is 253 Å². The third-order valence-corrected chi connectivity index (χ3v) is 16.8. The quantitative estimate of drug-likeness (QED) is 0.109. The van der Waals surface area contributed by atoms with E-state index < -0.39 is 43.9 Å². The molecule has 10 heteroatoms. The van der Waals surface area contributed by atoms with E-state index in [2.05, 4.69) is 57.2 Å². The van der Waals surface area contributed by atoms with Crippen molar-refractivity contribution in [3.8, 4) is 0 Å². The molecule has 0 aromatic heterocycles. The van der Waals surface area contributed by atoms with Crippen LogP contribution in [-0.4, -0.2) is 28.0 Å². The van der Waals surface area contributed by atoms with E-state index in [1.165, 1.54) is 0 Å². The molecule has 8 nitrogen and oxygen atoms in total. The molecule has 1 N–H and O–H groups in total. The van der Waals surface area contributed by atoms with Crippen LogP contribution < -0.4 is 15.9 Å². The zero-order chi connectivity index (χ0) is 30.6. The molecular formula is C32H33BrN3O5P. The Kier molecular flexibility index (Phi) is 8.95. The summed E-state index contributed by atoms with van der Waals surface area (Å²) in [6.45, 7) is 6.07. The van der Waals surface area contributed by atoms with Crippen LogP contribution in [0.3, 0.4) is 0 Å². The predicted octanol–water partition coefficient (Wildman–Crippen LogP) is 7.36. The van der Waals surface area contributed by atoms with Gasteiger partial charge in [-0.15, -0.1) is 0 Å². The average Bonchev–Trinajstić information content (AvgIpc) is 2.97. The number of carbonyl (C=O) groups excluding carboxylic acids is 1. The van der Waals surface area contributed by atoms with Crippen molar-refractivity contribution in [2.24, 2.45) is 5.41 Å². The van der Waals surface area contributed by atoms with Crippen LogP contribution in [0, 0.1) is 25.6 Å². The van der Waals surface area contributed by atoms with Gasteiger partial charge >= 0.3 is 254 Å². The van der Waals surface area contributed by atoms with Gasteiger partial charge in [0.05, 0.1) is 0 Å². The Morgan fingerprint density at radius 3 is 1.76 bits per heavy atom. The van der Waals surface area contributed by atoms with Crippen LogP contribution in [0.5, 0.6) is 0 Å². The average molecular weight is 651 g/mol. The number of nitro groups is 2. The monoisotopic (exact) mass is 649 g/mol. The first kappa shape index (κ1) is 31.0. The Morgan fingerprint density at radius 2 is 1.31 bits per heavy atom. The van der Waals surface area contributed by atoms with Crippen LogP contribution >= 0.6 is 20.8 Å². The molecule has 0 heterocycles. The van der Waals surface area contributed by atoms with Gasteiger partial charge < -0.3 is 0 Å². The van der Waals surface area contributed by atoms with Crippen LogP contribution in [0.4, 0.5) is 11.4 Å². The fourth-order valence-electron chi connectivity index (χ4n) is 5.24. The number of nitro benzene ring substituents is 2. The molecule has 0 aliphatic heterocycles. The molecule has 0 unspecified atom stereocenters. The van der Waals surface area contributed by atoms with E-state index in [1.54, 1.807) is 0 Å². The third kappa shape index (κ3) is 6.42. The van der Waals surface area contributed by atoms with Crippen LogP contribution in [0.2, 0.25) is 0 Å².